The second-order valence-electron chi connectivity index (χ2n) is 6.03. The van der Waals surface area contributed by atoms with Gasteiger partial charge in [-0.2, -0.15) is 0 Å². The quantitative estimate of drug-likeness (QED) is 0.670. The molecule has 2 aromatic heterocycles. The van der Waals surface area contributed by atoms with E-state index in [0.717, 1.165) is 22.2 Å². The van der Waals surface area contributed by atoms with Crippen LogP contribution in [0.25, 0.3) is 10.9 Å². The van der Waals surface area contributed by atoms with E-state index in [0.29, 0.717) is 22.9 Å². The highest BCUT2D eigenvalue weighted by atomic mass is 32.1. The number of hydrogen-bond acceptors (Lipinski definition) is 4. The lowest BCUT2D eigenvalue weighted by Gasteiger charge is -2.19. The molecule has 3 aromatic rings. The third kappa shape index (κ3) is 2.37. The maximum Gasteiger partial charge on any atom is 0.268 e. The number of aryl methyl sites for hydroxylation is 1. The Bertz CT molecular complexity index is 972. The highest BCUT2D eigenvalue weighted by Crippen LogP contribution is 2.32. The molecule has 0 spiro atoms. The van der Waals surface area contributed by atoms with Crippen LogP contribution >= 0.6 is 11.3 Å². The van der Waals surface area contributed by atoms with E-state index in [-0.39, 0.29) is 17.7 Å². The van der Waals surface area contributed by atoms with Gasteiger partial charge >= 0.3 is 0 Å². The van der Waals surface area contributed by atoms with Crippen molar-refractivity contribution in [3.8, 4) is 0 Å². The van der Waals surface area contributed by atoms with Crippen molar-refractivity contribution < 1.29 is 9.59 Å². The standard InChI is InChI=1S/C17H16N4O2S/c1-8-6-18-16(23)14-13(8)11-5-10(3-4-12(11)20-14)15(22)21-17-19-9(2)7-24-17/h3-5,7-8,20H,6H2,1-2H3,(H,18,23)(H,19,21,22). The molecule has 6 nitrogen and oxygen atoms in total. The summed E-state index contributed by atoms with van der Waals surface area (Å²) in [7, 11) is 0. The van der Waals surface area contributed by atoms with Crippen molar-refractivity contribution in [1.29, 1.82) is 0 Å². The van der Waals surface area contributed by atoms with Gasteiger partial charge in [0.2, 0.25) is 0 Å². The lowest BCUT2D eigenvalue weighted by Crippen LogP contribution is -2.33. The van der Waals surface area contributed by atoms with Crippen molar-refractivity contribution in [2.24, 2.45) is 0 Å². The first-order chi connectivity index (χ1) is 11.5. The van der Waals surface area contributed by atoms with Crippen LogP contribution in [-0.2, 0) is 0 Å². The molecule has 0 saturated heterocycles. The predicted octanol–water partition coefficient (Wildman–Crippen LogP) is 3.03. The minimum Gasteiger partial charge on any atom is -0.350 e. The molecular weight excluding hydrogens is 324 g/mol. The molecule has 0 aliphatic carbocycles. The van der Waals surface area contributed by atoms with E-state index in [1.165, 1.54) is 11.3 Å². The fraction of sp³-hybridized carbons (Fsp3) is 0.235. The SMILES string of the molecule is Cc1csc(NC(=O)c2ccc3[nH]c4c(c3c2)C(C)CNC4=O)n1. The topological polar surface area (TPSA) is 86.9 Å². The Morgan fingerprint density at radius 2 is 2.25 bits per heavy atom. The summed E-state index contributed by atoms with van der Waals surface area (Å²) in [4.78, 5) is 31.9. The van der Waals surface area contributed by atoms with Crippen LogP contribution in [0, 0.1) is 6.92 Å². The normalized spacial score (nSPS) is 16.8. The monoisotopic (exact) mass is 340 g/mol. The average molecular weight is 340 g/mol. The van der Waals surface area contributed by atoms with E-state index in [1.54, 1.807) is 6.07 Å². The zero-order chi connectivity index (χ0) is 16.8. The first-order valence-corrected chi connectivity index (χ1v) is 8.58. The smallest absolute Gasteiger partial charge is 0.268 e. The molecule has 0 fully saturated rings. The Kier molecular flexibility index (Phi) is 3.38. The van der Waals surface area contributed by atoms with E-state index in [4.69, 9.17) is 0 Å². The van der Waals surface area contributed by atoms with Crippen LogP contribution in [0.15, 0.2) is 23.6 Å². The minimum absolute atomic E-state index is 0.0939. The fourth-order valence-corrected chi connectivity index (χ4v) is 3.75. The van der Waals surface area contributed by atoms with Crippen LogP contribution in [0.5, 0.6) is 0 Å². The maximum atomic E-state index is 12.5. The number of rotatable bonds is 2. The van der Waals surface area contributed by atoms with E-state index < -0.39 is 0 Å². The summed E-state index contributed by atoms with van der Waals surface area (Å²) in [5.74, 6) is -0.0935. The Hall–Kier alpha value is -2.67. The number of hydrogen-bond donors (Lipinski definition) is 3. The average Bonchev–Trinajstić information content (AvgIpc) is 3.14. The van der Waals surface area contributed by atoms with Crippen molar-refractivity contribution in [1.82, 2.24) is 15.3 Å². The van der Waals surface area contributed by atoms with Crippen LogP contribution in [-0.4, -0.2) is 28.3 Å². The summed E-state index contributed by atoms with van der Waals surface area (Å²) in [6, 6.07) is 5.44. The second kappa shape index (κ2) is 5.45. The first-order valence-electron chi connectivity index (χ1n) is 7.70. The van der Waals surface area contributed by atoms with Gasteiger partial charge in [0.15, 0.2) is 5.13 Å². The number of carbonyl (C=O) groups excluding carboxylic acids is 2. The molecule has 1 aliphatic heterocycles. The van der Waals surface area contributed by atoms with Gasteiger partial charge in [0.05, 0.1) is 5.69 Å². The summed E-state index contributed by atoms with van der Waals surface area (Å²) in [5.41, 5.74) is 3.87. The first kappa shape index (κ1) is 14.9. The Morgan fingerprint density at radius 3 is 3.00 bits per heavy atom. The van der Waals surface area contributed by atoms with E-state index in [1.807, 2.05) is 24.4 Å². The number of H-pyrrole nitrogens is 1. The van der Waals surface area contributed by atoms with E-state index >= 15 is 0 Å². The van der Waals surface area contributed by atoms with Crippen molar-refractivity contribution in [3.05, 3.63) is 46.1 Å². The van der Waals surface area contributed by atoms with Gasteiger partial charge in [-0.1, -0.05) is 6.92 Å². The van der Waals surface area contributed by atoms with Gasteiger partial charge in [0, 0.05) is 34.3 Å². The van der Waals surface area contributed by atoms with Crippen LogP contribution < -0.4 is 10.6 Å². The highest BCUT2D eigenvalue weighted by Gasteiger charge is 2.27. The third-order valence-corrected chi connectivity index (χ3v) is 5.10. The number of aromatic amines is 1. The molecule has 2 amide bonds. The van der Waals surface area contributed by atoms with Crippen LogP contribution in [0.4, 0.5) is 5.13 Å². The molecule has 0 saturated carbocycles. The lowest BCUT2D eigenvalue weighted by atomic mass is 9.93. The molecule has 0 bridgehead atoms. The predicted molar refractivity (Wildman–Crippen MR) is 93.9 cm³/mol. The maximum absolute atomic E-state index is 12.5. The second-order valence-corrected chi connectivity index (χ2v) is 6.89. The summed E-state index contributed by atoms with van der Waals surface area (Å²) >= 11 is 1.40. The van der Waals surface area contributed by atoms with Gasteiger partial charge < -0.3 is 10.3 Å². The van der Waals surface area contributed by atoms with Gasteiger partial charge in [-0.25, -0.2) is 4.98 Å². The molecule has 7 heteroatoms. The zero-order valence-electron chi connectivity index (χ0n) is 13.3. The van der Waals surface area contributed by atoms with E-state index in [2.05, 4.69) is 27.5 Å². The van der Waals surface area contributed by atoms with Gasteiger partial charge in [0.1, 0.15) is 5.69 Å². The number of thiazole rings is 1. The number of fused-ring (bicyclic) bond motifs is 3. The molecule has 1 unspecified atom stereocenters. The number of nitrogens with zero attached hydrogens (tertiary/aromatic N) is 1. The molecule has 1 aromatic carbocycles. The molecule has 122 valence electrons. The van der Waals surface area contributed by atoms with Crippen molar-refractivity contribution in [2.45, 2.75) is 19.8 Å². The van der Waals surface area contributed by atoms with Crippen LogP contribution in [0.2, 0.25) is 0 Å². The summed E-state index contributed by atoms with van der Waals surface area (Å²) in [5, 5.41) is 9.08. The van der Waals surface area contributed by atoms with Crippen molar-refractivity contribution in [3.63, 3.8) is 0 Å². The highest BCUT2D eigenvalue weighted by molar-refractivity contribution is 7.13. The summed E-state index contributed by atoms with van der Waals surface area (Å²) in [6.45, 7) is 4.56. The fourth-order valence-electron chi connectivity index (χ4n) is 3.06. The lowest BCUT2D eigenvalue weighted by molar-refractivity contribution is 0.0936. The molecule has 4 rings (SSSR count). The number of aromatic nitrogens is 2. The van der Waals surface area contributed by atoms with Crippen LogP contribution in [0.3, 0.4) is 0 Å². The molecule has 1 atom stereocenters. The molecule has 24 heavy (non-hydrogen) atoms. The Labute approximate surface area is 142 Å². The molecule has 0 radical (unpaired) electrons. The largest absolute Gasteiger partial charge is 0.350 e. The number of anilines is 1. The molecular formula is C17H16N4O2S. The minimum atomic E-state index is -0.200. The van der Waals surface area contributed by atoms with Crippen LogP contribution in [0.1, 0.15) is 44.9 Å². The number of carbonyl (C=O) groups is 2. The molecule has 3 heterocycles. The van der Waals surface area contributed by atoms with Gasteiger partial charge in [0.25, 0.3) is 11.8 Å². The van der Waals surface area contributed by atoms with Gasteiger partial charge in [-0.15, -0.1) is 11.3 Å². The van der Waals surface area contributed by atoms with Crippen molar-refractivity contribution >= 4 is 39.2 Å². The number of amides is 2. The zero-order valence-corrected chi connectivity index (χ0v) is 14.1. The number of benzene rings is 1. The summed E-state index contributed by atoms with van der Waals surface area (Å²) < 4.78 is 0. The summed E-state index contributed by atoms with van der Waals surface area (Å²) in [6.07, 6.45) is 0. The molecule has 1 aliphatic rings. The Balaban J connectivity index is 1.74. The van der Waals surface area contributed by atoms with Gasteiger partial charge in [-0.3, -0.25) is 14.9 Å². The number of nitrogens with one attached hydrogen (secondary N) is 3. The third-order valence-electron chi connectivity index (χ3n) is 4.23. The Morgan fingerprint density at radius 1 is 1.42 bits per heavy atom. The van der Waals surface area contributed by atoms with E-state index in [9.17, 15) is 9.59 Å². The molecule has 3 N–H and O–H groups in total. The van der Waals surface area contributed by atoms with Crippen molar-refractivity contribution in [2.75, 3.05) is 11.9 Å². The van der Waals surface area contributed by atoms with Gasteiger partial charge in [-0.05, 0) is 30.7 Å².